The lowest BCUT2D eigenvalue weighted by Gasteiger charge is -2.18. The number of alkyl halides is 3. The van der Waals surface area contributed by atoms with E-state index in [0.717, 1.165) is 12.4 Å². The largest absolute Gasteiger partial charge is 0.442 e. The van der Waals surface area contributed by atoms with Crippen molar-refractivity contribution < 1.29 is 27.2 Å². The summed E-state index contributed by atoms with van der Waals surface area (Å²) in [5.41, 5.74) is 0.184. The van der Waals surface area contributed by atoms with Crippen molar-refractivity contribution in [3.05, 3.63) is 35.5 Å². The summed E-state index contributed by atoms with van der Waals surface area (Å²) in [4.78, 5) is 11.8. The van der Waals surface area contributed by atoms with Crippen LogP contribution in [0.25, 0.3) is 0 Å². The van der Waals surface area contributed by atoms with Gasteiger partial charge in [0.2, 0.25) is 11.9 Å². The second-order valence-corrected chi connectivity index (χ2v) is 5.05. The number of halogens is 3. The molecule has 0 radical (unpaired) electrons. The van der Waals surface area contributed by atoms with Gasteiger partial charge in [-0.3, -0.25) is 4.68 Å². The van der Waals surface area contributed by atoms with Crippen molar-refractivity contribution in [1.82, 2.24) is 14.9 Å². The summed E-state index contributed by atoms with van der Waals surface area (Å²) >= 11 is 0. The third kappa shape index (κ3) is 3.46. The number of hydrogen-bond donors (Lipinski definition) is 0. The number of carbonyl (C=O) groups excluding carboxylic acids is 1. The van der Waals surface area contributed by atoms with E-state index < -0.39 is 18.2 Å². The van der Waals surface area contributed by atoms with Crippen LogP contribution in [0, 0.1) is 0 Å². The van der Waals surface area contributed by atoms with Crippen molar-refractivity contribution >= 4 is 5.97 Å². The smallest absolute Gasteiger partial charge is 0.429 e. The maximum absolute atomic E-state index is 13.1. The van der Waals surface area contributed by atoms with Gasteiger partial charge in [0.05, 0.1) is 11.9 Å². The Morgan fingerprint density at radius 3 is 2.55 bits per heavy atom. The van der Waals surface area contributed by atoms with E-state index in [2.05, 4.69) is 15.0 Å². The summed E-state index contributed by atoms with van der Waals surface area (Å²) < 4.78 is 49.7. The molecule has 0 spiro atoms. The molecule has 0 aliphatic heterocycles. The van der Waals surface area contributed by atoms with Gasteiger partial charge >= 0.3 is 12.1 Å². The molecule has 0 aromatic carbocycles. The normalized spacial score (nSPS) is 13.4. The monoisotopic (exact) mass is 317 g/mol. The van der Waals surface area contributed by atoms with Crippen LogP contribution in [0.4, 0.5) is 13.2 Å². The van der Waals surface area contributed by atoms with Gasteiger partial charge in [0.15, 0.2) is 0 Å². The van der Waals surface area contributed by atoms with Crippen molar-refractivity contribution in [3.8, 4) is 0 Å². The summed E-state index contributed by atoms with van der Waals surface area (Å²) in [6.45, 7) is 3.61. The molecule has 22 heavy (non-hydrogen) atoms. The van der Waals surface area contributed by atoms with Gasteiger partial charge in [0.25, 0.3) is 0 Å². The molecule has 0 aliphatic rings. The van der Waals surface area contributed by atoms with Crippen LogP contribution in [-0.4, -0.2) is 27.1 Å². The van der Waals surface area contributed by atoms with E-state index in [9.17, 15) is 18.0 Å². The van der Waals surface area contributed by atoms with Crippen LogP contribution in [0.5, 0.6) is 0 Å². The maximum Gasteiger partial charge on any atom is 0.429 e. The van der Waals surface area contributed by atoms with Crippen LogP contribution in [0.15, 0.2) is 23.0 Å². The van der Waals surface area contributed by atoms with E-state index in [4.69, 9.17) is 4.52 Å². The van der Waals surface area contributed by atoms with Gasteiger partial charge in [-0.2, -0.15) is 18.3 Å². The zero-order valence-electron chi connectivity index (χ0n) is 12.1. The van der Waals surface area contributed by atoms with Gasteiger partial charge in [-0.25, -0.2) is 4.79 Å². The van der Waals surface area contributed by atoms with E-state index in [-0.39, 0.29) is 17.2 Å². The van der Waals surface area contributed by atoms with Crippen molar-refractivity contribution in [2.24, 2.45) is 7.05 Å². The van der Waals surface area contributed by atoms with Crippen LogP contribution in [0.3, 0.4) is 0 Å². The molecule has 0 saturated heterocycles. The van der Waals surface area contributed by atoms with Crippen molar-refractivity contribution in [2.45, 2.75) is 32.0 Å². The molecule has 0 amide bonds. The van der Waals surface area contributed by atoms with Gasteiger partial charge in [-0.15, -0.1) is 0 Å². The van der Waals surface area contributed by atoms with E-state index in [0.29, 0.717) is 5.69 Å². The second kappa shape index (κ2) is 5.82. The zero-order chi connectivity index (χ0) is 16.5. The molecule has 0 fully saturated rings. The van der Waals surface area contributed by atoms with Crippen molar-refractivity contribution in [1.29, 1.82) is 0 Å². The minimum absolute atomic E-state index is 0.0259. The molecular weight excluding hydrogens is 303 g/mol. The number of aryl methyl sites for hydroxylation is 1. The Morgan fingerprint density at radius 2 is 2.09 bits per heavy atom. The molecule has 0 aliphatic carbocycles. The summed E-state index contributed by atoms with van der Waals surface area (Å²) in [6.07, 6.45) is -5.06. The SMILES string of the molecule is CC(C)c1cc(C(=O)O[C@@H](c2cnn(C)c2)C(F)(F)F)on1. The molecule has 0 saturated carbocycles. The average molecular weight is 317 g/mol. The van der Waals surface area contributed by atoms with Gasteiger partial charge in [-0.05, 0) is 5.92 Å². The van der Waals surface area contributed by atoms with Gasteiger partial charge in [-0.1, -0.05) is 19.0 Å². The average Bonchev–Trinajstić information content (AvgIpc) is 3.02. The molecule has 0 bridgehead atoms. The standard InChI is InChI=1S/C13H14F3N3O3/c1-7(2)9-4-10(22-18-9)12(20)21-11(13(14,15)16)8-5-17-19(3)6-8/h4-7,11H,1-3H3/t11-/m0/s1. The molecule has 120 valence electrons. The zero-order valence-corrected chi connectivity index (χ0v) is 12.1. The minimum Gasteiger partial charge on any atom is -0.442 e. The second-order valence-electron chi connectivity index (χ2n) is 5.05. The van der Waals surface area contributed by atoms with Crippen LogP contribution in [0.1, 0.15) is 47.7 Å². The fourth-order valence-electron chi connectivity index (χ4n) is 1.72. The van der Waals surface area contributed by atoms with Crippen molar-refractivity contribution in [3.63, 3.8) is 0 Å². The summed E-state index contributed by atoms with van der Waals surface area (Å²) in [6, 6.07) is 1.27. The van der Waals surface area contributed by atoms with Gasteiger partial charge < -0.3 is 9.26 Å². The summed E-state index contributed by atoms with van der Waals surface area (Å²) in [7, 11) is 1.46. The number of rotatable bonds is 4. The first-order chi connectivity index (χ1) is 10.2. The molecule has 2 heterocycles. The lowest BCUT2D eigenvalue weighted by Crippen LogP contribution is -2.26. The topological polar surface area (TPSA) is 70.2 Å². The van der Waals surface area contributed by atoms with Crippen molar-refractivity contribution in [2.75, 3.05) is 0 Å². The predicted molar refractivity (Wildman–Crippen MR) is 68.0 cm³/mol. The van der Waals surface area contributed by atoms with E-state index >= 15 is 0 Å². The highest BCUT2D eigenvalue weighted by atomic mass is 19.4. The summed E-state index contributed by atoms with van der Waals surface area (Å²) in [5, 5.41) is 7.26. The number of carbonyl (C=O) groups is 1. The molecule has 6 nitrogen and oxygen atoms in total. The third-order valence-electron chi connectivity index (χ3n) is 2.87. The Balaban J connectivity index is 2.21. The number of nitrogens with zero attached hydrogens (tertiary/aromatic N) is 3. The highest BCUT2D eigenvalue weighted by molar-refractivity contribution is 5.86. The highest BCUT2D eigenvalue weighted by Crippen LogP contribution is 2.36. The van der Waals surface area contributed by atoms with E-state index in [1.165, 1.54) is 17.8 Å². The fourth-order valence-corrected chi connectivity index (χ4v) is 1.72. The molecule has 0 N–H and O–H groups in total. The van der Waals surface area contributed by atoms with Gasteiger partial charge in [0, 0.05) is 24.9 Å². The number of aromatic nitrogens is 3. The first kappa shape index (κ1) is 16.1. The number of hydrogen-bond acceptors (Lipinski definition) is 5. The third-order valence-corrected chi connectivity index (χ3v) is 2.87. The lowest BCUT2D eigenvalue weighted by molar-refractivity contribution is -0.207. The molecule has 1 atom stereocenters. The number of esters is 1. The Kier molecular flexibility index (Phi) is 4.25. The highest BCUT2D eigenvalue weighted by Gasteiger charge is 2.45. The molecule has 2 aromatic heterocycles. The minimum atomic E-state index is -4.76. The van der Waals surface area contributed by atoms with Crippen LogP contribution < -0.4 is 0 Å². The maximum atomic E-state index is 13.1. The molecule has 9 heteroatoms. The molecular formula is C13H14F3N3O3. The van der Waals surface area contributed by atoms with E-state index in [1.807, 2.05) is 0 Å². The fraction of sp³-hybridized carbons (Fsp3) is 0.462. The van der Waals surface area contributed by atoms with Crippen LogP contribution in [-0.2, 0) is 11.8 Å². The molecule has 2 aromatic rings. The lowest BCUT2D eigenvalue weighted by atomic mass is 10.1. The molecule has 0 unspecified atom stereocenters. The Bertz CT molecular complexity index is 661. The Hall–Kier alpha value is -2.32. The Morgan fingerprint density at radius 1 is 1.41 bits per heavy atom. The van der Waals surface area contributed by atoms with E-state index in [1.54, 1.807) is 13.8 Å². The summed E-state index contributed by atoms with van der Waals surface area (Å²) in [5.74, 6) is -1.63. The van der Waals surface area contributed by atoms with Crippen LogP contribution in [0.2, 0.25) is 0 Å². The van der Waals surface area contributed by atoms with Crippen LogP contribution >= 0.6 is 0 Å². The Labute approximate surface area is 123 Å². The van der Waals surface area contributed by atoms with Gasteiger partial charge in [0.1, 0.15) is 0 Å². The quantitative estimate of drug-likeness (QED) is 0.811. The first-order valence-electron chi connectivity index (χ1n) is 6.41. The molecule has 2 rings (SSSR count). The number of ether oxygens (including phenoxy) is 1. The first-order valence-corrected chi connectivity index (χ1v) is 6.41. The predicted octanol–water partition coefficient (Wildman–Crippen LogP) is 2.99.